The van der Waals surface area contributed by atoms with Gasteiger partial charge in [-0.1, -0.05) is 91.0 Å². The molecule has 0 spiro atoms. The van der Waals surface area contributed by atoms with Crippen molar-refractivity contribution in [3.63, 3.8) is 0 Å². The van der Waals surface area contributed by atoms with Crippen molar-refractivity contribution in [3.8, 4) is 33.4 Å². The van der Waals surface area contributed by atoms with Crippen LogP contribution >= 0.6 is 0 Å². The topological polar surface area (TPSA) is 21.5 Å². The Kier molecular flexibility index (Phi) is 5.98. The predicted octanol–water partition coefficient (Wildman–Crippen LogP) is 13.4. The third-order valence-electron chi connectivity index (χ3n) is 12.4. The van der Waals surface area contributed by atoms with Gasteiger partial charge in [0.25, 0.3) is 0 Å². The van der Waals surface area contributed by atoms with E-state index in [-0.39, 0.29) is 5.43 Å². The monoisotopic (exact) mass is 679 g/mol. The Labute approximate surface area is 307 Å². The molecule has 0 fully saturated rings. The Morgan fingerprint density at radius 3 is 1.13 bits per heavy atom. The van der Waals surface area contributed by atoms with E-state index < -0.39 is 0 Å². The molecule has 3 heterocycles. The summed E-state index contributed by atoms with van der Waals surface area (Å²) >= 11 is 0. The molecule has 0 atom stereocenters. The van der Waals surface area contributed by atoms with Gasteiger partial charge in [-0.2, -0.15) is 0 Å². The summed E-state index contributed by atoms with van der Waals surface area (Å²) in [6.45, 7) is 13.2. The molecule has 2 nitrogen and oxygen atoms in total. The molecule has 3 aromatic heterocycles. The number of hydrogen-bond acceptors (Lipinski definition) is 1. The summed E-state index contributed by atoms with van der Waals surface area (Å²) in [4.78, 5) is 15.4. The Bertz CT molecular complexity index is 3160. The van der Waals surface area contributed by atoms with E-state index in [4.69, 9.17) is 0 Å². The molecule has 0 aliphatic carbocycles. The molecule has 11 aromatic rings. The molecule has 0 amide bonds. The quantitative estimate of drug-likeness (QED) is 0.135. The smallest absolute Gasteiger partial charge is 0.197 e. The van der Waals surface area contributed by atoms with E-state index in [1.54, 1.807) is 0 Å². The Balaban J connectivity index is 1.48. The summed E-state index contributed by atoms with van der Waals surface area (Å²) in [5, 5.41) is 11.0. The minimum absolute atomic E-state index is 0.0960. The molecule has 11 rings (SSSR count). The van der Waals surface area contributed by atoms with Gasteiger partial charge < -0.3 is 4.40 Å². The number of benzene rings is 8. The van der Waals surface area contributed by atoms with Crippen LogP contribution in [-0.4, -0.2) is 4.40 Å². The first-order valence-electron chi connectivity index (χ1n) is 18.7. The van der Waals surface area contributed by atoms with Crippen LogP contribution in [0, 0.1) is 41.5 Å². The molecular formula is C51H37NO. The van der Waals surface area contributed by atoms with Gasteiger partial charge in [0.1, 0.15) is 0 Å². The zero-order chi connectivity index (χ0) is 36.0. The SMILES string of the molecule is Cc1cccc(C)c1-c1cc2c3cccc4c(-c5c(C)cccc5C)cc5c(=O)c6cc(-c7c(C)cccc7C)c7cccc8c(c1)c2n(c5c43)c6c78. The standard InChI is InChI=1S/C51H37NO/c1-26-12-7-13-27(2)43(26)32-22-39-35-20-10-18-33-37(44-28(3)14-8-15-29(44)4)24-41-49(46(33)35)52-48(39)40(23-32)36-21-11-19-34-38(45-30(5)16-9-17-31(45)6)25-42(51(41)53)50(52)47(34)36/h7-25H,1-6H3. The summed E-state index contributed by atoms with van der Waals surface area (Å²) in [6.07, 6.45) is 0. The summed E-state index contributed by atoms with van der Waals surface area (Å²) in [5.74, 6) is 0. The van der Waals surface area contributed by atoms with Crippen LogP contribution in [-0.2, 0) is 0 Å². The van der Waals surface area contributed by atoms with Crippen LogP contribution in [0.4, 0.5) is 0 Å². The number of nitrogens with zero attached hydrogens (tertiary/aromatic N) is 1. The van der Waals surface area contributed by atoms with Crippen molar-refractivity contribution in [1.29, 1.82) is 0 Å². The lowest BCUT2D eigenvalue weighted by atomic mass is 9.83. The molecule has 53 heavy (non-hydrogen) atoms. The third-order valence-corrected chi connectivity index (χ3v) is 12.4. The molecular weight excluding hydrogens is 643 g/mol. The van der Waals surface area contributed by atoms with Crippen molar-refractivity contribution >= 4 is 70.4 Å². The van der Waals surface area contributed by atoms with Crippen molar-refractivity contribution in [2.24, 2.45) is 0 Å². The van der Waals surface area contributed by atoms with Crippen molar-refractivity contribution in [3.05, 3.63) is 159 Å². The molecule has 252 valence electrons. The second-order valence-electron chi connectivity index (χ2n) is 15.5. The first-order chi connectivity index (χ1) is 25.7. The van der Waals surface area contributed by atoms with Crippen LogP contribution < -0.4 is 5.43 Å². The van der Waals surface area contributed by atoms with Gasteiger partial charge in [-0.25, -0.2) is 0 Å². The van der Waals surface area contributed by atoms with Crippen molar-refractivity contribution in [2.45, 2.75) is 41.5 Å². The maximum Gasteiger partial charge on any atom is 0.197 e. The number of aryl methyl sites for hydroxylation is 6. The number of aromatic nitrogens is 1. The molecule has 0 aliphatic heterocycles. The zero-order valence-corrected chi connectivity index (χ0v) is 30.8. The number of hydrogen-bond donors (Lipinski definition) is 0. The van der Waals surface area contributed by atoms with Crippen LogP contribution in [0.5, 0.6) is 0 Å². The predicted molar refractivity (Wildman–Crippen MR) is 227 cm³/mol. The number of pyridine rings is 3. The molecule has 0 saturated heterocycles. The van der Waals surface area contributed by atoms with Crippen LogP contribution in [0.1, 0.15) is 33.4 Å². The maximum absolute atomic E-state index is 15.4. The summed E-state index contributed by atoms with van der Waals surface area (Å²) in [6, 6.07) is 42.4. The van der Waals surface area contributed by atoms with Crippen LogP contribution in [0.25, 0.3) is 104 Å². The Morgan fingerprint density at radius 2 is 0.717 bits per heavy atom. The zero-order valence-electron chi connectivity index (χ0n) is 30.8. The minimum atomic E-state index is 0.0960. The van der Waals surface area contributed by atoms with Crippen molar-refractivity contribution in [2.75, 3.05) is 0 Å². The Morgan fingerprint density at radius 1 is 0.358 bits per heavy atom. The van der Waals surface area contributed by atoms with Gasteiger partial charge in [0, 0.05) is 32.3 Å². The lowest BCUT2D eigenvalue weighted by Gasteiger charge is -2.26. The summed E-state index contributed by atoms with van der Waals surface area (Å²) in [7, 11) is 0. The molecule has 0 saturated carbocycles. The Hall–Kier alpha value is -6.25. The number of rotatable bonds is 3. The second kappa shape index (κ2) is 10.4. The molecule has 0 aliphatic rings. The van der Waals surface area contributed by atoms with Crippen molar-refractivity contribution in [1.82, 2.24) is 4.40 Å². The van der Waals surface area contributed by atoms with Gasteiger partial charge in [0.15, 0.2) is 5.43 Å². The van der Waals surface area contributed by atoms with E-state index in [2.05, 4.69) is 161 Å². The van der Waals surface area contributed by atoms with E-state index >= 15 is 4.79 Å². The van der Waals surface area contributed by atoms with E-state index in [9.17, 15) is 0 Å². The number of fused-ring (bicyclic) bond motifs is 2. The molecule has 8 aromatic carbocycles. The first kappa shape index (κ1) is 30.4. The van der Waals surface area contributed by atoms with Gasteiger partial charge in [-0.3, -0.25) is 4.79 Å². The van der Waals surface area contributed by atoms with Crippen molar-refractivity contribution < 1.29 is 0 Å². The highest BCUT2D eigenvalue weighted by Gasteiger charge is 2.28. The summed E-state index contributed by atoms with van der Waals surface area (Å²) in [5.41, 5.74) is 17.9. The minimum Gasteiger partial charge on any atom is -0.306 e. The van der Waals surface area contributed by atoms with Gasteiger partial charge in [-0.05, 0) is 154 Å². The van der Waals surface area contributed by atoms with E-state index in [0.29, 0.717) is 0 Å². The molecule has 0 unspecified atom stereocenters. The van der Waals surface area contributed by atoms with Crippen LogP contribution in [0.2, 0.25) is 0 Å². The second-order valence-corrected chi connectivity index (χ2v) is 15.5. The van der Waals surface area contributed by atoms with Gasteiger partial charge >= 0.3 is 0 Å². The normalized spacial score (nSPS) is 12.4. The first-order valence-corrected chi connectivity index (χ1v) is 18.7. The van der Waals surface area contributed by atoms with E-state index in [0.717, 1.165) is 43.7 Å². The van der Waals surface area contributed by atoms with Gasteiger partial charge in [0.2, 0.25) is 0 Å². The molecule has 0 N–H and O–H groups in total. The van der Waals surface area contributed by atoms with Gasteiger partial charge in [0.05, 0.1) is 16.6 Å². The highest BCUT2D eigenvalue weighted by atomic mass is 16.1. The average molecular weight is 680 g/mol. The lowest BCUT2D eigenvalue weighted by molar-refractivity contribution is 1.33. The fourth-order valence-electron chi connectivity index (χ4n) is 10.2. The third kappa shape index (κ3) is 3.80. The molecule has 0 radical (unpaired) electrons. The van der Waals surface area contributed by atoms with E-state index in [1.165, 1.54) is 93.5 Å². The highest BCUT2D eigenvalue weighted by Crippen LogP contribution is 2.50. The maximum atomic E-state index is 15.4. The largest absolute Gasteiger partial charge is 0.306 e. The van der Waals surface area contributed by atoms with Crippen LogP contribution in [0.3, 0.4) is 0 Å². The fourth-order valence-corrected chi connectivity index (χ4v) is 10.2. The average Bonchev–Trinajstić information content (AvgIpc) is 3.14. The highest BCUT2D eigenvalue weighted by molar-refractivity contribution is 6.36. The fraction of sp³-hybridized carbons (Fsp3) is 0.118. The lowest BCUT2D eigenvalue weighted by Crippen LogP contribution is -2.12. The van der Waals surface area contributed by atoms with Crippen LogP contribution in [0.15, 0.2) is 120 Å². The van der Waals surface area contributed by atoms with Gasteiger partial charge in [-0.15, -0.1) is 0 Å². The van der Waals surface area contributed by atoms with E-state index in [1.807, 2.05) is 0 Å². The molecule has 2 heteroatoms. The summed E-state index contributed by atoms with van der Waals surface area (Å²) < 4.78 is 2.48. The molecule has 0 bridgehead atoms.